The Morgan fingerprint density at radius 3 is 2.43 bits per heavy atom. The Bertz CT molecular complexity index is 646. The van der Waals surface area contributed by atoms with Crippen LogP contribution in [-0.2, 0) is 10.0 Å². The molecule has 0 saturated heterocycles. The van der Waals surface area contributed by atoms with Crippen molar-refractivity contribution in [3.63, 3.8) is 0 Å². The van der Waals surface area contributed by atoms with Crippen LogP contribution < -0.4 is 4.72 Å². The van der Waals surface area contributed by atoms with Gasteiger partial charge in [0.1, 0.15) is 4.90 Å². The van der Waals surface area contributed by atoms with Gasteiger partial charge in [-0.15, -0.1) is 0 Å². The minimum atomic E-state index is -4.13. The van der Waals surface area contributed by atoms with E-state index in [1.54, 1.807) is 6.92 Å². The second-order valence-corrected chi connectivity index (χ2v) is 7.82. The molecule has 0 radical (unpaired) electrons. The highest BCUT2D eigenvalue weighted by Gasteiger charge is 2.26. The Balaban J connectivity index is 3.23. The molecule has 1 atom stereocenters. The Morgan fingerprint density at radius 1 is 1.38 bits per heavy atom. The van der Waals surface area contributed by atoms with Gasteiger partial charge in [-0.2, -0.15) is 0 Å². The molecule has 0 heterocycles. The molecule has 8 heteroatoms. The van der Waals surface area contributed by atoms with Gasteiger partial charge in [0.2, 0.25) is 10.0 Å². The standard InChI is InChI=1S/C13H17BrFNO4S/c1-7(2)4-8(3)16-21(19,20)11-6-9(14)5-10(12(11)15)13(17)18/h5-8,16H,4H2,1-3H3,(H,17,18). The van der Waals surface area contributed by atoms with Crippen LogP contribution in [0.1, 0.15) is 37.6 Å². The number of hydrogen-bond donors (Lipinski definition) is 2. The number of aromatic carboxylic acids is 1. The summed E-state index contributed by atoms with van der Waals surface area (Å²) in [4.78, 5) is 10.3. The fourth-order valence-electron chi connectivity index (χ4n) is 2.00. The van der Waals surface area contributed by atoms with Crippen molar-refractivity contribution in [3.8, 4) is 0 Å². The van der Waals surface area contributed by atoms with Crippen LogP contribution in [0, 0.1) is 11.7 Å². The predicted octanol–water partition coefficient (Wildman–Crippen LogP) is 3.00. The van der Waals surface area contributed by atoms with E-state index >= 15 is 0 Å². The van der Waals surface area contributed by atoms with Crippen molar-refractivity contribution in [1.82, 2.24) is 4.72 Å². The number of halogens is 2. The zero-order valence-corrected chi connectivity index (χ0v) is 14.3. The molecule has 0 aromatic heterocycles. The molecule has 0 saturated carbocycles. The highest BCUT2D eigenvalue weighted by atomic mass is 79.9. The van der Waals surface area contributed by atoms with Crippen LogP contribution in [0.25, 0.3) is 0 Å². The van der Waals surface area contributed by atoms with Gasteiger partial charge >= 0.3 is 5.97 Å². The second kappa shape index (κ2) is 6.85. The van der Waals surface area contributed by atoms with Gasteiger partial charge < -0.3 is 5.11 Å². The van der Waals surface area contributed by atoms with E-state index in [1.807, 2.05) is 13.8 Å². The maximum atomic E-state index is 14.1. The molecule has 118 valence electrons. The number of hydrogen-bond acceptors (Lipinski definition) is 3. The summed E-state index contributed by atoms with van der Waals surface area (Å²) in [6.45, 7) is 5.55. The van der Waals surface area contributed by atoms with Gasteiger partial charge in [-0.3, -0.25) is 0 Å². The second-order valence-electron chi connectivity index (χ2n) is 5.22. The Morgan fingerprint density at radius 2 is 1.95 bits per heavy atom. The van der Waals surface area contributed by atoms with E-state index in [0.717, 1.165) is 12.1 Å². The summed E-state index contributed by atoms with van der Waals surface area (Å²) >= 11 is 2.99. The smallest absolute Gasteiger partial charge is 0.338 e. The van der Waals surface area contributed by atoms with Crippen LogP contribution in [-0.4, -0.2) is 25.5 Å². The van der Waals surface area contributed by atoms with E-state index in [4.69, 9.17) is 5.11 Å². The van der Waals surface area contributed by atoms with Crippen molar-refractivity contribution in [3.05, 3.63) is 28.0 Å². The minimum Gasteiger partial charge on any atom is -0.478 e. The SMILES string of the molecule is CC(C)CC(C)NS(=O)(=O)c1cc(Br)cc(C(=O)O)c1F. The molecule has 0 bridgehead atoms. The Kier molecular flexibility index (Phi) is 5.89. The molecule has 0 aliphatic heterocycles. The van der Waals surface area contributed by atoms with Crippen molar-refractivity contribution >= 4 is 31.9 Å². The molecular weight excluding hydrogens is 365 g/mol. The van der Waals surface area contributed by atoms with Crippen molar-refractivity contribution in [2.24, 2.45) is 5.92 Å². The maximum absolute atomic E-state index is 14.1. The summed E-state index contributed by atoms with van der Waals surface area (Å²) in [5.74, 6) is -2.53. The molecule has 1 aromatic carbocycles. The summed E-state index contributed by atoms with van der Waals surface area (Å²) in [5.41, 5.74) is -0.693. The van der Waals surface area contributed by atoms with Gasteiger partial charge in [0.05, 0.1) is 5.56 Å². The molecule has 1 aromatic rings. The lowest BCUT2D eigenvalue weighted by Crippen LogP contribution is -2.34. The molecule has 0 amide bonds. The van der Waals surface area contributed by atoms with E-state index in [-0.39, 0.29) is 16.4 Å². The molecule has 1 unspecified atom stereocenters. The highest BCUT2D eigenvalue weighted by Crippen LogP contribution is 2.24. The molecule has 0 aliphatic carbocycles. The number of sulfonamides is 1. The molecule has 0 spiro atoms. The average molecular weight is 382 g/mol. The van der Waals surface area contributed by atoms with Crippen molar-refractivity contribution in [1.29, 1.82) is 0 Å². The van der Waals surface area contributed by atoms with Crippen molar-refractivity contribution < 1.29 is 22.7 Å². The molecule has 5 nitrogen and oxygen atoms in total. The first-order valence-electron chi connectivity index (χ1n) is 6.29. The molecule has 1 rings (SSSR count). The lowest BCUT2D eigenvalue weighted by Gasteiger charge is -2.17. The van der Waals surface area contributed by atoms with Gasteiger partial charge in [-0.1, -0.05) is 29.8 Å². The van der Waals surface area contributed by atoms with E-state index < -0.39 is 32.3 Å². The fraction of sp³-hybridized carbons (Fsp3) is 0.462. The molecule has 0 fully saturated rings. The Hall–Kier alpha value is -0.990. The number of carboxylic acid groups (broad SMARTS) is 1. The number of nitrogens with one attached hydrogen (secondary N) is 1. The monoisotopic (exact) mass is 381 g/mol. The molecule has 0 aliphatic rings. The van der Waals surface area contributed by atoms with Crippen LogP contribution in [0.15, 0.2) is 21.5 Å². The van der Waals surface area contributed by atoms with Gasteiger partial charge in [0, 0.05) is 10.5 Å². The van der Waals surface area contributed by atoms with Crippen LogP contribution >= 0.6 is 15.9 Å². The van der Waals surface area contributed by atoms with Gasteiger partial charge in [0.15, 0.2) is 5.82 Å². The summed E-state index contributed by atoms with van der Waals surface area (Å²) < 4.78 is 41.0. The minimum absolute atomic E-state index is 0.179. The van der Waals surface area contributed by atoms with Gasteiger partial charge in [-0.25, -0.2) is 22.3 Å². The van der Waals surface area contributed by atoms with Crippen LogP contribution in [0.4, 0.5) is 4.39 Å². The molecule has 21 heavy (non-hydrogen) atoms. The lowest BCUT2D eigenvalue weighted by atomic mass is 10.1. The maximum Gasteiger partial charge on any atom is 0.338 e. The predicted molar refractivity (Wildman–Crippen MR) is 80.3 cm³/mol. The summed E-state index contributed by atoms with van der Waals surface area (Å²) in [6, 6.07) is 1.68. The van der Waals surface area contributed by atoms with E-state index in [2.05, 4.69) is 20.7 Å². The summed E-state index contributed by atoms with van der Waals surface area (Å²) in [6.07, 6.45) is 0.584. The number of carbonyl (C=O) groups is 1. The fourth-order valence-corrected chi connectivity index (χ4v) is 3.99. The zero-order chi connectivity index (χ0) is 16.4. The van der Waals surface area contributed by atoms with Gasteiger partial charge in [0.25, 0.3) is 0 Å². The van der Waals surface area contributed by atoms with Crippen LogP contribution in [0.3, 0.4) is 0 Å². The number of carboxylic acids is 1. The summed E-state index contributed by atoms with van der Waals surface area (Å²) in [7, 11) is -4.13. The number of rotatable bonds is 6. The zero-order valence-electron chi connectivity index (χ0n) is 11.9. The average Bonchev–Trinajstić information content (AvgIpc) is 2.29. The normalized spacial score (nSPS) is 13.4. The highest BCUT2D eigenvalue weighted by molar-refractivity contribution is 9.10. The van der Waals surface area contributed by atoms with Crippen LogP contribution in [0.5, 0.6) is 0 Å². The van der Waals surface area contributed by atoms with Crippen molar-refractivity contribution in [2.45, 2.75) is 38.1 Å². The van der Waals surface area contributed by atoms with E-state index in [9.17, 15) is 17.6 Å². The first kappa shape index (κ1) is 18.1. The third-order valence-corrected chi connectivity index (χ3v) is 4.75. The third kappa shape index (κ3) is 4.76. The molecule has 2 N–H and O–H groups in total. The third-order valence-electron chi connectivity index (χ3n) is 2.71. The first-order chi connectivity index (χ1) is 9.54. The summed E-state index contributed by atoms with van der Waals surface area (Å²) in [5, 5.41) is 8.91. The van der Waals surface area contributed by atoms with Crippen LogP contribution in [0.2, 0.25) is 0 Å². The lowest BCUT2D eigenvalue weighted by molar-refractivity contribution is 0.0691. The first-order valence-corrected chi connectivity index (χ1v) is 8.57. The van der Waals surface area contributed by atoms with Gasteiger partial charge in [-0.05, 0) is 31.4 Å². The quantitative estimate of drug-likeness (QED) is 0.793. The number of benzene rings is 1. The van der Waals surface area contributed by atoms with E-state index in [1.165, 1.54) is 0 Å². The topological polar surface area (TPSA) is 83.5 Å². The van der Waals surface area contributed by atoms with Crippen molar-refractivity contribution in [2.75, 3.05) is 0 Å². The largest absolute Gasteiger partial charge is 0.478 e. The Labute approximate surface area is 131 Å². The molecular formula is C13H17BrFNO4S. The van der Waals surface area contributed by atoms with E-state index in [0.29, 0.717) is 6.42 Å².